The third-order valence-electron chi connectivity index (χ3n) is 3.16. The number of hydrogen-bond donors (Lipinski definition) is 2. The highest BCUT2D eigenvalue weighted by atomic mass is 16.3. The molecule has 22 heavy (non-hydrogen) atoms. The summed E-state index contributed by atoms with van der Waals surface area (Å²) in [6.45, 7) is 1.42. The van der Waals surface area contributed by atoms with E-state index in [0.717, 1.165) is 24.0 Å². The molecule has 0 heterocycles. The second-order valence-corrected chi connectivity index (χ2v) is 4.90. The Balaban J connectivity index is 1.66. The number of aliphatic imine (C=N–C) groups is 2. The van der Waals surface area contributed by atoms with Gasteiger partial charge >= 0.3 is 0 Å². The Morgan fingerprint density at radius 2 is 1.09 bits per heavy atom. The maximum absolute atomic E-state index is 9.58. The van der Waals surface area contributed by atoms with Gasteiger partial charge in [-0.25, -0.2) is 0 Å². The van der Waals surface area contributed by atoms with Gasteiger partial charge in [0, 0.05) is 36.6 Å². The summed E-state index contributed by atoms with van der Waals surface area (Å²) in [6.07, 6.45) is 5.26. The molecule has 114 valence electrons. The molecule has 2 aromatic rings. The monoisotopic (exact) mass is 296 g/mol. The van der Waals surface area contributed by atoms with Gasteiger partial charge in [0.15, 0.2) is 0 Å². The summed E-state index contributed by atoms with van der Waals surface area (Å²) in [5.74, 6) is 0.497. The van der Waals surface area contributed by atoms with Crippen molar-refractivity contribution >= 4 is 12.4 Å². The topological polar surface area (TPSA) is 65.2 Å². The highest BCUT2D eigenvalue weighted by molar-refractivity contribution is 5.83. The molecule has 0 aliphatic heterocycles. The fourth-order valence-electron chi connectivity index (χ4n) is 1.93. The van der Waals surface area contributed by atoms with E-state index in [2.05, 4.69) is 9.98 Å². The SMILES string of the molecule is Oc1ccccc1/C=N/CCCC/N=C/c1ccccc1O. The summed E-state index contributed by atoms with van der Waals surface area (Å²) < 4.78 is 0. The van der Waals surface area contributed by atoms with Crippen LogP contribution in [0.1, 0.15) is 24.0 Å². The van der Waals surface area contributed by atoms with E-state index in [1.807, 2.05) is 24.3 Å². The normalized spacial score (nSPS) is 11.5. The lowest BCUT2D eigenvalue weighted by Crippen LogP contribution is -1.89. The van der Waals surface area contributed by atoms with E-state index in [0.29, 0.717) is 13.1 Å². The first-order valence-electron chi connectivity index (χ1n) is 7.33. The maximum Gasteiger partial charge on any atom is 0.124 e. The number of phenolic OH excluding ortho intramolecular Hbond substituents is 2. The van der Waals surface area contributed by atoms with Crippen LogP contribution >= 0.6 is 0 Å². The lowest BCUT2D eigenvalue weighted by atomic mass is 10.2. The molecular formula is C18H20N2O2. The first-order chi connectivity index (χ1) is 10.8. The third-order valence-corrected chi connectivity index (χ3v) is 3.16. The van der Waals surface area contributed by atoms with Crippen molar-refractivity contribution in [1.29, 1.82) is 0 Å². The van der Waals surface area contributed by atoms with E-state index in [1.165, 1.54) is 0 Å². The van der Waals surface area contributed by atoms with Crippen molar-refractivity contribution in [2.75, 3.05) is 13.1 Å². The van der Waals surface area contributed by atoms with Crippen molar-refractivity contribution in [3.8, 4) is 11.5 Å². The Morgan fingerprint density at radius 1 is 0.682 bits per heavy atom. The van der Waals surface area contributed by atoms with Crippen LogP contribution in [0.2, 0.25) is 0 Å². The van der Waals surface area contributed by atoms with Gasteiger partial charge in [-0.15, -0.1) is 0 Å². The van der Waals surface area contributed by atoms with Crippen LogP contribution in [0, 0.1) is 0 Å². The number of para-hydroxylation sites is 2. The van der Waals surface area contributed by atoms with E-state index in [-0.39, 0.29) is 11.5 Å². The van der Waals surface area contributed by atoms with Gasteiger partial charge in [-0.05, 0) is 37.1 Å². The highest BCUT2D eigenvalue weighted by Crippen LogP contribution is 2.13. The number of aromatic hydroxyl groups is 2. The Labute approximate surface area is 130 Å². The minimum Gasteiger partial charge on any atom is -0.507 e. The number of nitrogens with zero attached hydrogens (tertiary/aromatic N) is 2. The summed E-state index contributed by atoms with van der Waals surface area (Å²) in [5, 5.41) is 19.2. The maximum atomic E-state index is 9.58. The molecule has 4 nitrogen and oxygen atoms in total. The van der Waals surface area contributed by atoms with Crippen LogP contribution in [0.25, 0.3) is 0 Å². The number of phenols is 2. The fraction of sp³-hybridized carbons (Fsp3) is 0.222. The highest BCUT2D eigenvalue weighted by Gasteiger charge is 1.95. The molecule has 0 aliphatic carbocycles. The summed E-state index contributed by atoms with van der Waals surface area (Å²) in [5.41, 5.74) is 1.47. The van der Waals surface area contributed by atoms with E-state index < -0.39 is 0 Å². The Morgan fingerprint density at radius 3 is 1.50 bits per heavy atom. The van der Waals surface area contributed by atoms with Crippen LogP contribution in [-0.4, -0.2) is 35.7 Å². The summed E-state index contributed by atoms with van der Waals surface area (Å²) >= 11 is 0. The number of rotatable bonds is 7. The smallest absolute Gasteiger partial charge is 0.124 e. The van der Waals surface area contributed by atoms with Gasteiger partial charge in [0.05, 0.1) is 0 Å². The zero-order valence-electron chi connectivity index (χ0n) is 12.4. The molecule has 0 bridgehead atoms. The van der Waals surface area contributed by atoms with Crippen molar-refractivity contribution in [2.45, 2.75) is 12.8 Å². The number of unbranched alkanes of at least 4 members (excludes halogenated alkanes) is 1. The van der Waals surface area contributed by atoms with Gasteiger partial charge in [0.2, 0.25) is 0 Å². The van der Waals surface area contributed by atoms with Crippen molar-refractivity contribution in [3.05, 3.63) is 59.7 Å². The van der Waals surface area contributed by atoms with Crippen LogP contribution in [0.5, 0.6) is 11.5 Å². The van der Waals surface area contributed by atoms with Crippen LogP contribution in [0.3, 0.4) is 0 Å². The van der Waals surface area contributed by atoms with Crippen LogP contribution in [0.15, 0.2) is 58.5 Å². The molecule has 0 aliphatic rings. The van der Waals surface area contributed by atoms with Crippen LogP contribution in [0.4, 0.5) is 0 Å². The molecule has 2 N–H and O–H groups in total. The molecular weight excluding hydrogens is 276 g/mol. The Bertz CT molecular complexity index is 594. The summed E-state index contributed by atoms with van der Waals surface area (Å²) in [4.78, 5) is 8.59. The second kappa shape index (κ2) is 8.62. The standard InChI is InChI=1S/C18H20N2O2/c21-17-9-3-1-7-15(17)13-19-11-5-6-12-20-14-16-8-2-4-10-18(16)22/h1-4,7-10,13-14,21-22H,5-6,11-12H2/b19-13+,20-14+. The molecule has 2 aromatic carbocycles. The van der Waals surface area contributed by atoms with E-state index in [4.69, 9.17) is 0 Å². The predicted molar refractivity (Wildman–Crippen MR) is 90.4 cm³/mol. The molecule has 0 fully saturated rings. The van der Waals surface area contributed by atoms with E-state index in [9.17, 15) is 10.2 Å². The molecule has 0 spiro atoms. The van der Waals surface area contributed by atoms with Gasteiger partial charge in [-0.1, -0.05) is 24.3 Å². The molecule has 0 atom stereocenters. The molecule has 0 unspecified atom stereocenters. The molecule has 0 saturated heterocycles. The van der Waals surface area contributed by atoms with Gasteiger partial charge < -0.3 is 10.2 Å². The summed E-state index contributed by atoms with van der Waals surface area (Å²) in [7, 11) is 0. The summed E-state index contributed by atoms with van der Waals surface area (Å²) in [6, 6.07) is 14.3. The quantitative estimate of drug-likeness (QED) is 0.607. The van der Waals surface area contributed by atoms with E-state index >= 15 is 0 Å². The van der Waals surface area contributed by atoms with Crippen LogP contribution in [-0.2, 0) is 0 Å². The fourth-order valence-corrected chi connectivity index (χ4v) is 1.93. The van der Waals surface area contributed by atoms with E-state index in [1.54, 1.807) is 36.7 Å². The zero-order valence-corrected chi connectivity index (χ0v) is 12.4. The molecule has 4 heteroatoms. The molecule has 2 rings (SSSR count). The Hall–Kier alpha value is -2.62. The van der Waals surface area contributed by atoms with Crippen molar-refractivity contribution in [1.82, 2.24) is 0 Å². The molecule has 0 radical (unpaired) electrons. The first-order valence-corrected chi connectivity index (χ1v) is 7.33. The van der Waals surface area contributed by atoms with Gasteiger partial charge in [0.25, 0.3) is 0 Å². The van der Waals surface area contributed by atoms with Gasteiger partial charge in [-0.3, -0.25) is 9.98 Å². The zero-order chi connectivity index (χ0) is 15.6. The largest absolute Gasteiger partial charge is 0.507 e. The number of hydrogen-bond acceptors (Lipinski definition) is 4. The van der Waals surface area contributed by atoms with Crippen molar-refractivity contribution in [2.24, 2.45) is 9.98 Å². The van der Waals surface area contributed by atoms with Gasteiger partial charge in [0.1, 0.15) is 11.5 Å². The second-order valence-electron chi connectivity index (χ2n) is 4.90. The predicted octanol–water partition coefficient (Wildman–Crippen LogP) is 3.42. The lowest BCUT2D eigenvalue weighted by Gasteiger charge is -1.98. The average Bonchev–Trinajstić information content (AvgIpc) is 2.53. The van der Waals surface area contributed by atoms with Crippen molar-refractivity contribution < 1.29 is 10.2 Å². The Kier molecular flexibility index (Phi) is 6.18. The number of benzene rings is 2. The average molecular weight is 296 g/mol. The van der Waals surface area contributed by atoms with Gasteiger partial charge in [-0.2, -0.15) is 0 Å². The third kappa shape index (κ3) is 5.05. The first kappa shape index (κ1) is 15.8. The molecule has 0 aromatic heterocycles. The molecule has 0 saturated carbocycles. The van der Waals surface area contributed by atoms with Crippen molar-refractivity contribution in [3.63, 3.8) is 0 Å². The minimum absolute atomic E-state index is 0.249. The molecule has 0 amide bonds. The van der Waals surface area contributed by atoms with Crippen LogP contribution < -0.4 is 0 Å². The lowest BCUT2D eigenvalue weighted by molar-refractivity contribution is 0.474. The minimum atomic E-state index is 0.249.